The average molecular weight is 601 g/mol. The molecule has 8 aromatic rings. The van der Waals surface area contributed by atoms with Crippen LogP contribution in [0, 0.1) is 0 Å². The highest BCUT2D eigenvalue weighted by Crippen LogP contribution is 2.56. The topological polar surface area (TPSA) is 51.6 Å². The van der Waals surface area contributed by atoms with Gasteiger partial charge in [-0.25, -0.2) is 15.0 Å². The van der Waals surface area contributed by atoms with Crippen LogP contribution >= 0.6 is 0 Å². The van der Waals surface area contributed by atoms with E-state index >= 15 is 0 Å². The van der Waals surface area contributed by atoms with Crippen LogP contribution < -0.4 is 0 Å². The van der Waals surface area contributed by atoms with E-state index in [-0.39, 0.29) is 0 Å². The first-order valence-corrected chi connectivity index (χ1v) is 15.8. The molecule has 2 aromatic heterocycles. The number of nitrogens with zero attached hydrogens (tertiary/aromatic N) is 4. The van der Waals surface area contributed by atoms with Crippen LogP contribution in [0.3, 0.4) is 0 Å². The first-order chi connectivity index (χ1) is 23.3. The second-order valence-electron chi connectivity index (χ2n) is 11.9. The molecule has 1 aliphatic rings. The van der Waals surface area contributed by atoms with E-state index in [0.717, 1.165) is 22.1 Å². The first-order valence-electron chi connectivity index (χ1n) is 15.8. The Bertz CT molecular complexity index is 2360. The van der Waals surface area contributed by atoms with Crippen molar-refractivity contribution in [1.29, 1.82) is 0 Å². The molecule has 220 valence electrons. The molecule has 1 unspecified atom stereocenters. The van der Waals surface area contributed by atoms with E-state index in [0.29, 0.717) is 17.5 Å². The smallest absolute Gasteiger partial charge is 0.164 e. The maximum Gasteiger partial charge on any atom is 0.164 e. The van der Waals surface area contributed by atoms with Gasteiger partial charge in [0.2, 0.25) is 0 Å². The Labute approximate surface area is 273 Å². The van der Waals surface area contributed by atoms with Crippen LogP contribution in [0.2, 0.25) is 0 Å². The fraction of sp³-hybridized carbons (Fsp3) is 0.0233. The van der Waals surface area contributed by atoms with Gasteiger partial charge in [0.05, 0.1) is 5.41 Å². The van der Waals surface area contributed by atoms with E-state index in [9.17, 15) is 0 Å². The number of hydrogen-bond acceptors (Lipinski definition) is 4. The van der Waals surface area contributed by atoms with Gasteiger partial charge in [-0.1, -0.05) is 133 Å². The Kier molecular flexibility index (Phi) is 6.32. The van der Waals surface area contributed by atoms with Gasteiger partial charge in [0.25, 0.3) is 0 Å². The van der Waals surface area contributed by atoms with Crippen LogP contribution in [0.25, 0.3) is 56.1 Å². The van der Waals surface area contributed by atoms with Crippen molar-refractivity contribution in [2.75, 3.05) is 0 Å². The summed E-state index contributed by atoms with van der Waals surface area (Å²) in [5, 5.41) is 2.33. The summed E-state index contributed by atoms with van der Waals surface area (Å²) in [5.41, 5.74) is 9.55. The minimum Gasteiger partial charge on any atom is -0.265 e. The summed E-state index contributed by atoms with van der Waals surface area (Å²) in [6, 6.07) is 55.4. The number of fused-ring (bicyclic) bond motifs is 4. The Morgan fingerprint density at radius 1 is 0.362 bits per heavy atom. The molecule has 0 spiro atoms. The molecule has 9 rings (SSSR count). The van der Waals surface area contributed by atoms with Gasteiger partial charge in [-0.2, -0.15) is 0 Å². The van der Waals surface area contributed by atoms with Gasteiger partial charge in [0, 0.05) is 29.1 Å². The normalized spacial score (nSPS) is 14.9. The molecule has 0 amide bonds. The summed E-state index contributed by atoms with van der Waals surface area (Å²) < 4.78 is 0. The summed E-state index contributed by atoms with van der Waals surface area (Å²) in [4.78, 5) is 19.6. The van der Waals surface area contributed by atoms with Gasteiger partial charge in [-0.3, -0.25) is 4.98 Å². The molecule has 0 saturated carbocycles. The largest absolute Gasteiger partial charge is 0.265 e. The van der Waals surface area contributed by atoms with Crippen molar-refractivity contribution in [3.05, 3.63) is 192 Å². The molecule has 47 heavy (non-hydrogen) atoms. The number of hydrogen-bond donors (Lipinski definition) is 0. The zero-order valence-electron chi connectivity index (χ0n) is 25.5. The Morgan fingerprint density at radius 2 is 0.915 bits per heavy atom. The van der Waals surface area contributed by atoms with Crippen molar-refractivity contribution in [3.63, 3.8) is 0 Å². The van der Waals surface area contributed by atoms with E-state index < -0.39 is 5.41 Å². The van der Waals surface area contributed by atoms with Gasteiger partial charge in [-0.05, 0) is 68.4 Å². The second-order valence-corrected chi connectivity index (χ2v) is 11.9. The number of benzene rings is 6. The van der Waals surface area contributed by atoms with Crippen molar-refractivity contribution < 1.29 is 0 Å². The molecule has 0 fully saturated rings. The molecule has 2 heterocycles. The van der Waals surface area contributed by atoms with Crippen LogP contribution in [0.5, 0.6) is 0 Å². The molecule has 1 atom stereocenters. The lowest BCUT2D eigenvalue weighted by molar-refractivity contribution is 0.766. The third-order valence-electron chi connectivity index (χ3n) is 9.30. The highest BCUT2D eigenvalue weighted by molar-refractivity contribution is 5.89. The molecule has 0 radical (unpaired) electrons. The Hall–Kier alpha value is -6.26. The first kappa shape index (κ1) is 27.1. The van der Waals surface area contributed by atoms with E-state index in [2.05, 4.69) is 132 Å². The van der Waals surface area contributed by atoms with Crippen molar-refractivity contribution in [2.45, 2.75) is 5.41 Å². The van der Waals surface area contributed by atoms with Crippen molar-refractivity contribution in [1.82, 2.24) is 19.9 Å². The average Bonchev–Trinajstić information content (AvgIpc) is 3.46. The number of rotatable bonds is 5. The van der Waals surface area contributed by atoms with Crippen molar-refractivity contribution in [3.8, 4) is 45.3 Å². The summed E-state index contributed by atoms with van der Waals surface area (Å²) in [5.74, 6) is 1.93. The lowest BCUT2D eigenvalue weighted by Gasteiger charge is -2.33. The van der Waals surface area contributed by atoms with Gasteiger partial charge >= 0.3 is 0 Å². The summed E-state index contributed by atoms with van der Waals surface area (Å²) in [6.07, 6.45) is 3.77. The zero-order chi connectivity index (χ0) is 31.2. The minimum absolute atomic E-state index is 0.539. The predicted molar refractivity (Wildman–Crippen MR) is 189 cm³/mol. The molecule has 4 heteroatoms. The molecular weight excluding hydrogens is 573 g/mol. The van der Waals surface area contributed by atoms with E-state index in [1.54, 1.807) is 0 Å². The van der Waals surface area contributed by atoms with Crippen LogP contribution in [0.15, 0.2) is 170 Å². The molecule has 6 aromatic carbocycles. The van der Waals surface area contributed by atoms with Crippen LogP contribution in [-0.2, 0) is 5.41 Å². The number of pyridine rings is 1. The van der Waals surface area contributed by atoms with E-state index in [1.165, 1.54) is 38.8 Å². The van der Waals surface area contributed by atoms with E-state index in [1.807, 2.05) is 42.7 Å². The summed E-state index contributed by atoms with van der Waals surface area (Å²) in [7, 11) is 0. The van der Waals surface area contributed by atoms with Crippen LogP contribution in [0.1, 0.15) is 22.3 Å². The maximum absolute atomic E-state index is 5.14. The minimum atomic E-state index is -0.539. The standard InChI is InChI=1S/C43H28N4/c1-3-12-30(13-4-1)40-45-41(32-20-19-29-11-7-8-14-31(29)27-32)47-42(46-40)33-21-22-37-36-17-9-10-18-38(36)43(39(37)28-33,34-15-5-2-6-16-34)35-23-25-44-26-24-35/h1-28H. The van der Waals surface area contributed by atoms with Crippen molar-refractivity contribution >= 4 is 10.8 Å². The maximum atomic E-state index is 5.14. The Morgan fingerprint density at radius 3 is 1.68 bits per heavy atom. The quantitative estimate of drug-likeness (QED) is 0.197. The molecule has 0 saturated heterocycles. The fourth-order valence-electron chi connectivity index (χ4n) is 7.18. The van der Waals surface area contributed by atoms with Gasteiger partial charge in [0.15, 0.2) is 17.5 Å². The highest BCUT2D eigenvalue weighted by atomic mass is 15.0. The zero-order valence-corrected chi connectivity index (χ0v) is 25.5. The lowest BCUT2D eigenvalue weighted by Crippen LogP contribution is -2.28. The summed E-state index contributed by atoms with van der Waals surface area (Å²) >= 11 is 0. The van der Waals surface area contributed by atoms with Crippen LogP contribution in [0.4, 0.5) is 0 Å². The molecule has 1 aliphatic carbocycles. The van der Waals surface area contributed by atoms with Crippen LogP contribution in [-0.4, -0.2) is 19.9 Å². The monoisotopic (exact) mass is 600 g/mol. The third-order valence-corrected chi connectivity index (χ3v) is 9.30. The van der Waals surface area contributed by atoms with Gasteiger partial charge in [-0.15, -0.1) is 0 Å². The van der Waals surface area contributed by atoms with E-state index in [4.69, 9.17) is 15.0 Å². The Balaban J connectivity index is 1.30. The third kappa shape index (κ3) is 4.38. The molecule has 0 bridgehead atoms. The molecule has 0 N–H and O–H groups in total. The SMILES string of the molecule is c1ccc(-c2nc(-c3ccc4c(c3)C(c3ccccc3)(c3ccncc3)c3ccccc3-4)nc(-c3ccc4ccccc4c3)n2)cc1. The second kappa shape index (κ2) is 11.0. The van der Waals surface area contributed by atoms with Gasteiger partial charge < -0.3 is 0 Å². The molecule has 4 nitrogen and oxygen atoms in total. The molecular formula is C43H28N4. The number of aromatic nitrogens is 4. The van der Waals surface area contributed by atoms with Gasteiger partial charge in [0.1, 0.15) is 0 Å². The van der Waals surface area contributed by atoms with Crippen molar-refractivity contribution in [2.24, 2.45) is 0 Å². The molecule has 0 aliphatic heterocycles. The lowest BCUT2D eigenvalue weighted by atomic mass is 9.68. The highest BCUT2D eigenvalue weighted by Gasteiger charge is 2.46. The predicted octanol–water partition coefficient (Wildman–Crippen LogP) is 9.78. The fourth-order valence-corrected chi connectivity index (χ4v) is 7.18. The summed E-state index contributed by atoms with van der Waals surface area (Å²) in [6.45, 7) is 0.